The topological polar surface area (TPSA) is 28.7 Å². The lowest BCUT2D eigenvalue weighted by Crippen LogP contribution is -2.13. The van der Waals surface area contributed by atoms with Crippen LogP contribution in [0.25, 0.3) is 0 Å². The second-order valence-electron chi connectivity index (χ2n) is 4.20. The molecule has 1 aromatic heterocycles. The molecule has 0 atom stereocenters. The third-order valence-electron chi connectivity index (χ3n) is 2.16. The first kappa shape index (κ1) is 13.2. The highest BCUT2D eigenvalue weighted by Gasteiger charge is 2.20. The summed E-state index contributed by atoms with van der Waals surface area (Å²) in [5.41, 5.74) is 0. The molecule has 0 radical (unpaired) electrons. The predicted molar refractivity (Wildman–Crippen MR) is 71.4 cm³/mol. The average molecular weight is 262 g/mol. The molecule has 0 saturated carbocycles. The van der Waals surface area contributed by atoms with E-state index in [1.165, 1.54) is 25.7 Å². The van der Waals surface area contributed by atoms with E-state index in [1.807, 2.05) is 11.8 Å². The van der Waals surface area contributed by atoms with E-state index in [-0.39, 0.29) is 4.75 Å². The number of aromatic amines is 1. The minimum absolute atomic E-state index is 0.267. The van der Waals surface area contributed by atoms with E-state index in [4.69, 9.17) is 12.2 Å². The Morgan fingerprint density at radius 1 is 1.47 bits per heavy atom. The van der Waals surface area contributed by atoms with Gasteiger partial charge in [0.25, 0.3) is 0 Å². The van der Waals surface area contributed by atoms with Crippen molar-refractivity contribution in [3.8, 4) is 0 Å². The van der Waals surface area contributed by atoms with Gasteiger partial charge in [0.15, 0.2) is 8.29 Å². The number of nitrogens with one attached hydrogen (secondary N) is 1. The van der Waals surface area contributed by atoms with E-state index in [0.29, 0.717) is 0 Å². The molecule has 1 aromatic rings. The van der Waals surface area contributed by atoms with Gasteiger partial charge in [-0.3, -0.25) is 5.10 Å². The zero-order chi connectivity index (χ0) is 11.3. The van der Waals surface area contributed by atoms with Gasteiger partial charge in [0, 0.05) is 4.75 Å². The van der Waals surface area contributed by atoms with Crippen molar-refractivity contribution >= 4 is 35.3 Å². The van der Waals surface area contributed by atoms with E-state index < -0.39 is 0 Å². The largest absolute Gasteiger partial charge is 0.257 e. The van der Waals surface area contributed by atoms with Gasteiger partial charge in [-0.05, 0) is 18.6 Å². The number of aromatic nitrogens is 2. The Balaban J connectivity index is 2.44. The molecule has 1 N–H and O–H groups in total. The highest BCUT2D eigenvalue weighted by molar-refractivity contribution is 8.02. The van der Waals surface area contributed by atoms with Crippen LogP contribution in [0, 0.1) is 3.95 Å². The minimum atomic E-state index is 0.267. The van der Waals surface area contributed by atoms with Crippen LogP contribution in [0.4, 0.5) is 0 Å². The van der Waals surface area contributed by atoms with Gasteiger partial charge in [0.1, 0.15) is 0 Å². The van der Waals surface area contributed by atoms with Gasteiger partial charge in [-0.1, -0.05) is 63.1 Å². The van der Waals surface area contributed by atoms with Crippen molar-refractivity contribution in [2.45, 2.75) is 55.5 Å². The van der Waals surface area contributed by atoms with Crippen LogP contribution in [0.15, 0.2) is 4.34 Å². The molecular formula is C10H18N2S3. The summed E-state index contributed by atoms with van der Waals surface area (Å²) in [5.74, 6) is 0. The quantitative estimate of drug-likeness (QED) is 0.459. The first-order valence-electron chi connectivity index (χ1n) is 5.28. The Hall–Kier alpha value is 0.130. The van der Waals surface area contributed by atoms with Crippen LogP contribution < -0.4 is 0 Å². The van der Waals surface area contributed by atoms with Crippen molar-refractivity contribution in [1.29, 1.82) is 0 Å². The molecule has 1 rings (SSSR count). The number of hydrogen-bond donors (Lipinski definition) is 1. The summed E-state index contributed by atoms with van der Waals surface area (Å²) < 4.78 is 2.09. The van der Waals surface area contributed by atoms with Crippen molar-refractivity contribution in [3.05, 3.63) is 3.95 Å². The second-order valence-corrected chi connectivity index (χ2v) is 7.82. The van der Waals surface area contributed by atoms with E-state index in [0.717, 1.165) is 8.29 Å². The van der Waals surface area contributed by atoms with Gasteiger partial charge in [-0.2, -0.15) is 5.10 Å². The van der Waals surface area contributed by atoms with E-state index in [9.17, 15) is 0 Å². The maximum absolute atomic E-state index is 5.02. The summed E-state index contributed by atoms with van der Waals surface area (Å²) >= 11 is 8.41. The molecule has 2 nitrogen and oxygen atoms in total. The van der Waals surface area contributed by atoms with Gasteiger partial charge in [0.05, 0.1) is 0 Å². The number of hydrogen-bond acceptors (Lipinski definition) is 4. The first-order chi connectivity index (χ1) is 7.03. The van der Waals surface area contributed by atoms with Crippen molar-refractivity contribution in [2.24, 2.45) is 0 Å². The van der Waals surface area contributed by atoms with Crippen molar-refractivity contribution in [1.82, 2.24) is 10.2 Å². The zero-order valence-electron chi connectivity index (χ0n) is 9.50. The highest BCUT2D eigenvalue weighted by atomic mass is 32.2. The van der Waals surface area contributed by atoms with Crippen molar-refractivity contribution < 1.29 is 0 Å². The Morgan fingerprint density at radius 3 is 2.73 bits per heavy atom. The third-order valence-corrected chi connectivity index (χ3v) is 4.57. The highest BCUT2D eigenvalue weighted by Crippen LogP contribution is 2.37. The number of rotatable bonds is 6. The van der Waals surface area contributed by atoms with Gasteiger partial charge in [-0.15, -0.1) is 0 Å². The number of nitrogens with zero attached hydrogens (tertiary/aromatic N) is 1. The fourth-order valence-corrected chi connectivity index (χ4v) is 4.03. The molecular weight excluding hydrogens is 244 g/mol. The Morgan fingerprint density at radius 2 is 2.20 bits per heavy atom. The normalized spacial score (nSPS) is 11.9. The SMILES string of the molecule is CCCCCC(C)(C)Sc1n[nH]c(=S)s1. The Labute approximate surface area is 105 Å². The molecule has 0 fully saturated rings. The van der Waals surface area contributed by atoms with E-state index >= 15 is 0 Å². The smallest absolute Gasteiger partial charge is 0.177 e. The molecule has 0 saturated heterocycles. The van der Waals surface area contributed by atoms with Crippen LogP contribution in [0.2, 0.25) is 0 Å². The predicted octanol–water partition coefficient (Wildman–Crippen LogP) is 4.65. The Kier molecular flexibility index (Phi) is 5.29. The van der Waals surface area contributed by atoms with Crippen LogP contribution in [-0.4, -0.2) is 14.9 Å². The third kappa shape index (κ3) is 5.13. The summed E-state index contributed by atoms with van der Waals surface area (Å²) in [4.78, 5) is 0. The average Bonchev–Trinajstić information content (AvgIpc) is 2.50. The number of H-pyrrole nitrogens is 1. The molecule has 0 amide bonds. The molecule has 86 valence electrons. The lowest BCUT2D eigenvalue weighted by atomic mass is 10.0. The summed E-state index contributed by atoms with van der Waals surface area (Å²) in [6.45, 7) is 6.79. The lowest BCUT2D eigenvalue weighted by Gasteiger charge is -2.21. The standard InChI is InChI=1S/C10H18N2S3/c1-4-5-6-7-10(2,3)15-9-12-11-8(13)14-9/h4-7H2,1-3H3,(H,11,13). The van der Waals surface area contributed by atoms with Crippen molar-refractivity contribution in [2.75, 3.05) is 0 Å². The maximum Gasteiger partial charge on any atom is 0.177 e. The zero-order valence-corrected chi connectivity index (χ0v) is 11.9. The first-order valence-corrected chi connectivity index (χ1v) is 7.32. The number of thioether (sulfide) groups is 1. The van der Waals surface area contributed by atoms with Gasteiger partial charge in [-0.25, -0.2) is 0 Å². The van der Waals surface area contributed by atoms with Crippen LogP contribution in [0.3, 0.4) is 0 Å². The van der Waals surface area contributed by atoms with Crippen LogP contribution in [0.1, 0.15) is 46.5 Å². The minimum Gasteiger partial charge on any atom is -0.257 e. The molecule has 0 bridgehead atoms. The molecule has 15 heavy (non-hydrogen) atoms. The molecule has 0 aromatic carbocycles. The van der Waals surface area contributed by atoms with E-state index in [2.05, 4.69) is 31.0 Å². The molecule has 0 aliphatic rings. The van der Waals surface area contributed by atoms with Crippen LogP contribution in [0.5, 0.6) is 0 Å². The summed E-state index contributed by atoms with van der Waals surface area (Å²) in [6, 6.07) is 0. The summed E-state index contributed by atoms with van der Waals surface area (Å²) in [5, 5.41) is 7.00. The fraction of sp³-hybridized carbons (Fsp3) is 0.800. The van der Waals surface area contributed by atoms with Gasteiger partial charge >= 0.3 is 0 Å². The monoisotopic (exact) mass is 262 g/mol. The number of unbranched alkanes of at least 4 members (excludes halogenated alkanes) is 2. The van der Waals surface area contributed by atoms with Gasteiger partial charge < -0.3 is 0 Å². The van der Waals surface area contributed by atoms with Crippen LogP contribution in [-0.2, 0) is 0 Å². The second kappa shape index (κ2) is 6.01. The molecule has 5 heteroatoms. The fourth-order valence-electron chi connectivity index (χ4n) is 1.35. The van der Waals surface area contributed by atoms with Gasteiger partial charge in [0.2, 0.25) is 0 Å². The molecule has 0 aliphatic heterocycles. The lowest BCUT2D eigenvalue weighted by molar-refractivity contribution is 0.572. The molecule has 0 unspecified atom stereocenters. The summed E-state index contributed by atoms with van der Waals surface area (Å²) in [6.07, 6.45) is 5.13. The molecule has 0 spiro atoms. The summed E-state index contributed by atoms with van der Waals surface area (Å²) in [7, 11) is 0. The van der Waals surface area contributed by atoms with Crippen LogP contribution >= 0.6 is 35.3 Å². The Bertz CT molecular complexity index is 340. The van der Waals surface area contributed by atoms with Crippen molar-refractivity contribution in [3.63, 3.8) is 0 Å². The van der Waals surface area contributed by atoms with E-state index in [1.54, 1.807) is 11.3 Å². The maximum atomic E-state index is 5.02. The molecule has 1 heterocycles. The molecule has 0 aliphatic carbocycles.